The quantitative estimate of drug-likeness (QED) is 0.379. The average Bonchev–Trinajstić information content (AvgIpc) is 2.85. The van der Waals surface area contributed by atoms with Crippen molar-refractivity contribution in [2.45, 2.75) is 43.4 Å². The molecule has 1 unspecified atom stereocenters. The van der Waals surface area contributed by atoms with E-state index >= 15 is 0 Å². The average molecular weight is 301 g/mol. The number of benzene rings is 1. The second kappa shape index (κ2) is 6.64. The van der Waals surface area contributed by atoms with Gasteiger partial charge in [-0.25, -0.2) is 4.21 Å². The van der Waals surface area contributed by atoms with Crippen molar-refractivity contribution in [1.82, 2.24) is 0 Å². The number of hydrogen-bond donors (Lipinski definition) is 1. The minimum Gasteiger partial charge on any atom is -0.302 e. The highest BCUT2D eigenvalue weighted by Crippen LogP contribution is 2.29. The van der Waals surface area contributed by atoms with E-state index in [-0.39, 0.29) is 5.78 Å². The molecule has 0 fully saturated rings. The van der Waals surface area contributed by atoms with Gasteiger partial charge in [0.25, 0.3) is 0 Å². The summed E-state index contributed by atoms with van der Waals surface area (Å²) in [4.78, 5) is 12.5. The Hall–Kier alpha value is -0.710. The number of hydrogen-bond acceptors (Lipinski definition) is 2. The van der Waals surface area contributed by atoms with Gasteiger partial charge in [-0.05, 0) is 55.4 Å². The Balaban J connectivity index is 2.24. The van der Waals surface area contributed by atoms with Crippen molar-refractivity contribution in [1.29, 1.82) is 0 Å². The van der Waals surface area contributed by atoms with Gasteiger partial charge in [-0.2, -0.15) is 0 Å². The van der Waals surface area contributed by atoms with Gasteiger partial charge < -0.3 is 4.55 Å². The number of Topliss-reactive ketones (excluding diaryl/α,β-unsaturated/α-hetero) is 1. The molecule has 19 heavy (non-hydrogen) atoms. The summed E-state index contributed by atoms with van der Waals surface area (Å²) in [6, 6.07) is 3.48. The first kappa shape index (κ1) is 14.7. The highest BCUT2D eigenvalue weighted by atomic mass is 35.5. The molecule has 3 nitrogen and oxygen atoms in total. The fourth-order valence-corrected chi connectivity index (χ4v) is 3.37. The van der Waals surface area contributed by atoms with E-state index in [9.17, 15) is 13.6 Å². The first-order valence-corrected chi connectivity index (χ1v) is 8.13. The lowest BCUT2D eigenvalue weighted by atomic mass is 10.0. The van der Waals surface area contributed by atoms with Crippen LogP contribution in [0.2, 0.25) is 0 Å². The lowest BCUT2D eigenvalue weighted by Gasteiger charge is -2.08. The maximum Gasteiger partial charge on any atom is 0.186 e. The fraction of sp³-hybridized carbons (Fsp3) is 0.500. The van der Waals surface area contributed by atoms with E-state index in [4.69, 9.17) is 11.6 Å². The summed E-state index contributed by atoms with van der Waals surface area (Å²) in [5.74, 6) is 0.593. The molecule has 0 bridgehead atoms. The van der Waals surface area contributed by atoms with Crippen LogP contribution in [0.5, 0.6) is 0 Å². The van der Waals surface area contributed by atoms with Crippen LogP contribution < -0.4 is 0 Å². The molecule has 0 amide bonds. The minimum absolute atomic E-state index is 0.0338. The Morgan fingerprint density at radius 3 is 2.79 bits per heavy atom. The summed E-state index contributed by atoms with van der Waals surface area (Å²) < 4.78 is 20.7. The number of carbonyl (C=O) groups is 1. The number of rotatable bonds is 6. The van der Waals surface area contributed by atoms with E-state index in [2.05, 4.69) is 0 Å². The van der Waals surface area contributed by atoms with Crippen LogP contribution in [0.3, 0.4) is 0 Å². The Morgan fingerprint density at radius 2 is 2.11 bits per heavy atom. The van der Waals surface area contributed by atoms with Crippen molar-refractivity contribution >= 4 is 28.5 Å². The third-order valence-corrected chi connectivity index (χ3v) is 4.48. The summed E-state index contributed by atoms with van der Waals surface area (Å²) in [7, 11) is 0. The zero-order valence-electron chi connectivity index (χ0n) is 10.7. The van der Waals surface area contributed by atoms with Gasteiger partial charge in [-0.3, -0.25) is 4.79 Å². The molecule has 1 N–H and O–H groups in total. The molecule has 0 aliphatic heterocycles. The van der Waals surface area contributed by atoms with Crippen LogP contribution in [-0.4, -0.2) is 20.4 Å². The molecule has 1 aliphatic rings. The molecule has 1 atom stereocenters. The van der Waals surface area contributed by atoms with Gasteiger partial charge in [0.2, 0.25) is 0 Å². The van der Waals surface area contributed by atoms with E-state index in [0.717, 1.165) is 43.2 Å². The highest BCUT2D eigenvalue weighted by molar-refractivity contribution is 7.79. The van der Waals surface area contributed by atoms with Gasteiger partial charge >= 0.3 is 0 Å². The SMILES string of the molecule is O=C(CCCCCl)c1cc2c(c(S(=O)O)c1)CCC2. The highest BCUT2D eigenvalue weighted by Gasteiger charge is 2.21. The molecule has 0 radical (unpaired) electrons. The third-order valence-electron chi connectivity index (χ3n) is 3.47. The molecular weight excluding hydrogens is 284 g/mol. The Morgan fingerprint density at radius 1 is 1.32 bits per heavy atom. The topological polar surface area (TPSA) is 54.4 Å². The molecule has 1 aromatic carbocycles. The Bertz CT molecular complexity index is 514. The van der Waals surface area contributed by atoms with Gasteiger partial charge in [0.05, 0.1) is 4.90 Å². The first-order chi connectivity index (χ1) is 9.13. The van der Waals surface area contributed by atoms with Crippen LogP contribution in [0.15, 0.2) is 17.0 Å². The number of alkyl halides is 1. The van der Waals surface area contributed by atoms with Crippen molar-refractivity contribution in [3.8, 4) is 0 Å². The van der Waals surface area contributed by atoms with Gasteiger partial charge in [-0.1, -0.05) is 0 Å². The molecule has 5 heteroatoms. The summed E-state index contributed by atoms with van der Waals surface area (Å²) in [6.07, 6.45) is 4.74. The number of fused-ring (bicyclic) bond motifs is 1. The molecule has 0 aromatic heterocycles. The summed E-state index contributed by atoms with van der Waals surface area (Å²) in [6.45, 7) is 0. The predicted octanol–water partition coefficient (Wildman–Crippen LogP) is 3.35. The summed E-state index contributed by atoms with van der Waals surface area (Å²) >= 11 is 3.57. The summed E-state index contributed by atoms with van der Waals surface area (Å²) in [5.41, 5.74) is 2.58. The second-order valence-electron chi connectivity index (χ2n) is 4.78. The largest absolute Gasteiger partial charge is 0.302 e. The van der Waals surface area contributed by atoms with Crippen LogP contribution in [0, 0.1) is 0 Å². The zero-order valence-corrected chi connectivity index (χ0v) is 12.2. The second-order valence-corrected chi connectivity index (χ2v) is 6.10. The van der Waals surface area contributed by atoms with Crippen LogP contribution >= 0.6 is 11.6 Å². The van der Waals surface area contributed by atoms with Crippen LogP contribution in [0.4, 0.5) is 0 Å². The molecule has 0 spiro atoms. The normalized spacial score (nSPS) is 15.3. The monoisotopic (exact) mass is 300 g/mol. The smallest absolute Gasteiger partial charge is 0.186 e. The van der Waals surface area contributed by atoms with Gasteiger partial charge in [0.1, 0.15) is 0 Å². The molecule has 0 saturated heterocycles. The van der Waals surface area contributed by atoms with E-state index in [1.165, 1.54) is 0 Å². The molecule has 1 aromatic rings. The number of halogens is 1. The lowest BCUT2D eigenvalue weighted by Crippen LogP contribution is -2.04. The Labute approximate surface area is 120 Å². The maximum absolute atomic E-state index is 12.1. The number of ketones is 1. The van der Waals surface area contributed by atoms with Crippen molar-refractivity contribution in [2.24, 2.45) is 0 Å². The van der Waals surface area contributed by atoms with Crippen LogP contribution in [0.1, 0.15) is 47.2 Å². The van der Waals surface area contributed by atoms with Crippen LogP contribution in [-0.2, 0) is 23.9 Å². The lowest BCUT2D eigenvalue weighted by molar-refractivity contribution is 0.0979. The minimum atomic E-state index is -2.02. The molecule has 0 saturated carbocycles. The van der Waals surface area contributed by atoms with Crippen LogP contribution in [0.25, 0.3) is 0 Å². The number of carbonyl (C=O) groups excluding carboxylic acids is 1. The molecular formula is C14H17ClO3S. The van der Waals surface area contributed by atoms with Gasteiger partial charge in [0.15, 0.2) is 16.9 Å². The molecule has 2 rings (SSSR count). The summed E-state index contributed by atoms with van der Waals surface area (Å²) in [5, 5.41) is 0. The number of aryl methyl sites for hydroxylation is 1. The third kappa shape index (κ3) is 3.44. The van der Waals surface area contributed by atoms with Crippen molar-refractivity contribution < 1.29 is 13.6 Å². The molecule has 1 aliphatic carbocycles. The fourth-order valence-electron chi connectivity index (χ4n) is 2.51. The van der Waals surface area contributed by atoms with Gasteiger partial charge in [0, 0.05) is 17.9 Å². The van der Waals surface area contributed by atoms with Crippen molar-refractivity contribution in [3.05, 3.63) is 28.8 Å². The molecule has 104 valence electrons. The maximum atomic E-state index is 12.1. The van der Waals surface area contributed by atoms with Gasteiger partial charge in [-0.15, -0.1) is 11.6 Å². The Kier molecular flexibility index (Phi) is 5.13. The number of unbranched alkanes of at least 4 members (excludes halogenated alkanes) is 1. The van der Waals surface area contributed by atoms with E-state index in [1.807, 2.05) is 6.07 Å². The van der Waals surface area contributed by atoms with E-state index < -0.39 is 11.1 Å². The zero-order chi connectivity index (χ0) is 13.8. The first-order valence-electron chi connectivity index (χ1n) is 6.49. The predicted molar refractivity (Wildman–Crippen MR) is 76.4 cm³/mol. The van der Waals surface area contributed by atoms with E-state index in [0.29, 0.717) is 22.8 Å². The van der Waals surface area contributed by atoms with Crippen molar-refractivity contribution in [2.75, 3.05) is 5.88 Å². The van der Waals surface area contributed by atoms with E-state index in [1.54, 1.807) is 6.07 Å². The molecule has 0 heterocycles. The standard InChI is InChI=1S/C14H17ClO3S/c15-7-2-1-6-13(16)11-8-10-4-3-5-12(10)14(9-11)19(17)18/h8-9H,1-7H2,(H,17,18). The van der Waals surface area contributed by atoms with Crippen molar-refractivity contribution in [3.63, 3.8) is 0 Å².